The lowest BCUT2D eigenvalue weighted by Crippen LogP contribution is -2.20. The number of nitrogens with zero attached hydrogens (tertiary/aromatic N) is 4. The number of carbonyl (C=O) groups is 1. The van der Waals surface area contributed by atoms with Crippen LogP contribution in [0.4, 0.5) is 5.95 Å². The molecule has 3 heterocycles. The smallest absolute Gasteiger partial charge is 0.276 e. The van der Waals surface area contributed by atoms with E-state index >= 15 is 0 Å². The van der Waals surface area contributed by atoms with Gasteiger partial charge in [0.05, 0.1) is 11.4 Å². The summed E-state index contributed by atoms with van der Waals surface area (Å²) >= 11 is 3.00. The zero-order chi connectivity index (χ0) is 16.6. The molecule has 3 rings (SSSR count). The standard InChI is InChI=1S/C13H14N6O2S2/c1-6-7(2)23-13-17-12(18-19(6)13)16-11(21)8-4-10(20)15-9(14-8)5-22-3/h4H,5H2,1-3H3,(H,14,15,20)(H,16,18,21). The number of aryl methyl sites for hydroxylation is 2. The third kappa shape index (κ3) is 3.13. The monoisotopic (exact) mass is 350 g/mol. The van der Waals surface area contributed by atoms with E-state index in [0.29, 0.717) is 16.5 Å². The van der Waals surface area contributed by atoms with Crippen molar-refractivity contribution in [3.8, 4) is 0 Å². The van der Waals surface area contributed by atoms with Gasteiger partial charge in [-0.2, -0.15) is 16.7 Å². The molecule has 0 bridgehead atoms. The predicted molar refractivity (Wildman–Crippen MR) is 90.4 cm³/mol. The third-order valence-corrected chi connectivity index (χ3v) is 4.79. The van der Waals surface area contributed by atoms with Crippen LogP contribution in [0.25, 0.3) is 4.96 Å². The topological polar surface area (TPSA) is 105 Å². The number of rotatable bonds is 4. The summed E-state index contributed by atoms with van der Waals surface area (Å²) in [6.07, 6.45) is 1.89. The van der Waals surface area contributed by atoms with Crippen LogP contribution in [0.5, 0.6) is 0 Å². The van der Waals surface area contributed by atoms with E-state index in [2.05, 4.69) is 25.4 Å². The molecule has 0 saturated carbocycles. The van der Waals surface area contributed by atoms with Crippen LogP contribution in [-0.4, -0.2) is 36.7 Å². The molecule has 120 valence electrons. The van der Waals surface area contributed by atoms with Gasteiger partial charge in [0, 0.05) is 10.9 Å². The van der Waals surface area contributed by atoms with Gasteiger partial charge < -0.3 is 4.98 Å². The molecule has 1 amide bonds. The predicted octanol–water partition coefficient (Wildman–Crippen LogP) is 1.61. The van der Waals surface area contributed by atoms with Crippen molar-refractivity contribution in [1.82, 2.24) is 24.6 Å². The number of anilines is 1. The largest absolute Gasteiger partial charge is 0.310 e. The number of thiazole rings is 1. The number of hydrogen-bond acceptors (Lipinski definition) is 7. The molecule has 0 aliphatic heterocycles. The van der Waals surface area contributed by atoms with Crippen LogP contribution in [0.3, 0.4) is 0 Å². The lowest BCUT2D eigenvalue weighted by Gasteiger charge is -2.02. The van der Waals surface area contributed by atoms with E-state index in [0.717, 1.165) is 16.6 Å². The first kappa shape index (κ1) is 15.7. The number of fused-ring (bicyclic) bond motifs is 1. The number of aromatic nitrogens is 5. The van der Waals surface area contributed by atoms with Gasteiger partial charge in [0.2, 0.25) is 4.96 Å². The average molecular weight is 350 g/mol. The first-order valence-electron chi connectivity index (χ1n) is 6.71. The number of H-pyrrole nitrogens is 1. The maximum atomic E-state index is 12.3. The first-order chi connectivity index (χ1) is 11.0. The van der Waals surface area contributed by atoms with Crippen molar-refractivity contribution in [1.29, 1.82) is 0 Å². The van der Waals surface area contributed by atoms with E-state index in [1.807, 2.05) is 20.1 Å². The van der Waals surface area contributed by atoms with Crippen molar-refractivity contribution in [2.45, 2.75) is 19.6 Å². The van der Waals surface area contributed by atoms with Crippen LogP contribution < -0.4 is 10.9 Å². The van der Waals surface area contributed by atoms with Gasteiger partial charge in [0.1, 0.15) is 11.5 Å². The van der Waals surface area contributed by atoms with Crippen LogP contribution in [-0.2, 0) is 5.75 Å². The number of thioether (sulfide) groups is 1. The number of aromatic amines is 1. The number of hydrogen-bond donors (Lipinski definition) is 2. The Morgan fingerprint density at radius 2 is 2.22 bits per heavy atom. The highest BCUT2D eigenvalue weighted by atomic mass is 32.2. The van der Waals surface area contributed by atoms with E-state index in [4.69, 9.17) is 0 Å². The summed E-state index contributed by atoms with van der Waals surface area (Å²) in [5, 5.41) is 6.83. The molecule has 0 aromatic carbocycles. The molecule has 0 atom stereocenters. The van der Waals surface area contributed by atoms with Crippen LogP contribution in [0.2, 0.25) is 0 Å². The van der Waals surface area contributed by atoms with Gasteiger partial charge in [-0.05, 0) is 20.1 Å². The Bertz CT molecular complexity index is 942. The molecular weight excluding hydrogens is 336 g/mol. The van der Waals surface area contributed by atoms with Crippen LogP contribution >= 0.6 is 23.1 Å². The minimum absolute atomic E-state index is 0.0452. The Labute approximate surface area is 139 Å². The summed E-state index contributed by atoms with van der Waals surface area (Å²) < 4.78 is 1.68. The first-order valence-corrected chi connectivity index (χ1v) is 8.92. The van der Waals surface area contributed by atoms with E-state index in [-0.39, 0.29) is 17.2 Å². The fourth-order valence-corrected chi connectivity index (χ4v) is 3.30. The van der Waals surface area contributed by atoms with E-state index < -0.39 is 5.91 Å². The van der Waals surface area contributed by atoms with Gasteiger partial charge in [-0.25, -0.2) is 9.50 Å². The highest BCUT2D eigenvalue weighted by molar-refractivity contribution is 7.97. The molecule has 3 aromatic heterocycles. The van der Waals surface area contributed by atoms with Crippen LogP contribution in [0, 0.1) is 13.8 Å². The van der Waals surface area contributed by atoms with Crippen molar-refractivity contribution in [2.75, 3.05) is 11.6 Å². The van der Waals surface area contributed by atoms with E-state index in [1.54, 1.807) is 4.52 Å². The number of carbonyl (C=O) groups excluding carboxylic acids is 1. The second-order valence-electron chi connectivity index (χ2n) is 4.84. The lowest BCUT2D eigenvalue weighted by atomic mass is 10.3. The summed E-state index contributed by atoms with van der Waals surface area (Å²) in [6, 6.07) is 1.16. The molecule has 0 radical (unpaired) electrons. The normalized spacial score (nSPS) is 11.1. The quantitative estimate of drug-likeness (QED) is 0.740. The molecule has 8 nitrogen and oxygen atoms in total. The Balaban J connectivity index is 1.86. The highest BCUT2D eigenvalue weighted by Gasteiger charge is 2.15. The lowest BCUT2D eigenvalue weighted by molar-refractivity contribution is 0.102. The zero-order valence-corrected chi connectivity index (χ0v) is 14.3. The van der Waals surface area contributed by atoms with Crippen LogP contribution in [0.1, 0.15) is 26.9 Å². The van der Waals surface area contributed by atoms with E-state index in [9.17, 15) is 9.59 Å². The summed E-state index contributed by atoms with van der Waals surface area (Å²) in [7, 11) is 0. The fourth-order valence-electron chi connectivity index (χ4n) is 1.99. The Morgan fingerprint density at radius 3 is 2.91 bits per heavy atom. The summed E-state index contributed by atoms with van der Waals surface area (Å²) in [6.45, 7) is 3.92. The van der Waals surface area contributed by atoms with Gasteiger partial charge in [-0.1, -0.05) is 11.3 Å². The zero-order valence-electron chi connectivity index (χ0n) is 12.7. The second kappa shape index (κ2) is 6.13. The second-order valence-corrected chi connectivity index (χ2v) is 6.89. The van der Waals surface area contributed by atoms with Crippen LogP contribution in [0.15, 0.2) is 10.9 Å². The molecule has 0 aliphatic carbocycles. The van der Waals surface area contributed by atoms with Crippen molar-refractivity contribution in [2.24, 2.45) is 0 Å². The molecule has 10 heteroatoms. The van der Waals surface area contributed by atoms with Gasteiger partial charge in [-0.3, -0.25) is 14.9 Å². The molecule has 0 saturated heterocycles. The Kier molecular flexibility index (Phi) is 4.18. The minimum atomic E-state index is -0.508. The Hall–Kier alpha value is -2.20. The van der Waals surface area contributed by atoms with Crippen molar-refractivity contribution in [3.63, 3.8) is 0 Å². The maximum Gasteiger partial charge on any atom is 0.276 e. The molecular formula is C13H14N6O2S2. The summed E-state index contributed by atoms with van der Waals surface area (Å²) in [4.78, 5) is 36.7. The van der Waals surface area contributed by atoms with Gasteiger partial charge in [0.25, 0.3) is 17.4 Å². The number of amides is 1. The molecule has 23 heavy (non-hydrogen) atoms. The molecule has 3 aromatic rings. The maximum absolute atomic E-state index is 12.3. The van der Waals surface area contributed by atoms with Crippen molar-refractivity contribution in [3.05, 3.63) is 38.5 Å². The molecule has 0 unspecified atom stereocenters. The number of nitrogens with one attached hydrogen (secondary N) is 2. The molecule has 2 N–H and O–H groups in total. The fraction of sp³-hybridized carbons (Fsp3) is 0.308. The van der Waals surface area contributed by atoms with Crippen molar-refractivity contribution < 1.29 is 4.79 Å². The van der Waals surface area contributed by atoms with Gasteiger partial charge in [-0.15, -0.1) is 5.10 Å². The van der Waals surface area contributed by atoms with Gasteiger partial charge in [0.15, 0.2) is 0 Å². The molecule has 0 spiro atoms. The minimum Gasteiger partial charge on any atom is -0.310 e. The highest BCUT2D eigenvalue weighted by Crippen LogP contribution is 2.21. The summed E-state index contributed by atoms with van der Waals surface area (Å²) in [5.74, 6) is 0.664. The van der Waals surface area contributed by atoms with E-state index in [1.165, 1.54) is 23.1 Å². The average Bonchev–Trinajstić information content (AvgIpc) is 2.98. The van der Waals surface area contributed by atoms with Crippen molar-refractivity contribution >= 4 is 39.9 Å². The molecule has 0 fully saturated rings. The SMILES string of the molecule is CSCc1nc(C(=O)Nc2nc3sc(C)c(C)n3n2)cc(=O)[nH]1. The van der Waals surface area contributed by atoms with Gasteiger partial charge >= 0.3 is 0 Å². The molecule has 0 aliphatic rings. The third-order valence-electron chi connectivity index (χ3n) is 3.18. The Morgan fingerprint density at radius 1 is 1.43 bits per heavy atom. The summed E-state index contributed by atoms with van der Waals surface area (Å²) in [5.41, 5.74) is 0.665.